The molecule has 1 heterocycles. The summed E-state index contributed by atoms with van der Waals surface area (Å²) in [6.07, 6.45) is 0. The van der Waals surface area contributed by atoms with E-state index in [0.717, 1.165) is 0 Å². The lowest BCUT2D eigenvalue weighted by Crippen LogP contribution is -2.38. The fraction of sp³-hybridized carbons (Fsp3) is 0.267. The third-order valence-electron chi connectivity index (χ3n) is 3.07. The summed E-state index contributed by atoms with van der Waals surface area (Å²) in [5.41, 5.74) is -1.25. The van der Waals surface area contributed by atoms with Gasteiger partial charge in [0.1, 0.15) is 22.9 Å². The summed E-state index contributed by atoms with van der Waals surface area (Å²) in [4.78, 5) is 12.0. The lowest BCUT2D eigenvalue weighted by Gasteiger charge is -2.21. The molecule has 0 fully saturated rings. The van der Waals surface area contributed by atoms with Crippen molar-refractivity contribution in [3.63, 3.8) is 0 Å². The Labute approximate surface area is 127 Å². The van der Waals surface area contributed by atoms with Crippen LogP contribution in [0, 0.1) is 6.92 Å². The van der Waals surface area contributed by atoms with Gasteiger partial charge in [0.2, 0.25) is 0 Å². The first-order valence-electron chi connectivity index (χ1n) is 6.35. The second kappa shape index (κ2) is 5.79. The number of furan rings is 1. The van der Waals surface area contributed by atoms with Gasteiger partial charge in [0.25, 0.3) is 5.91 Å². The lowest BCUT2D eigenvalue weighted by molar-refractivity contribution is 0.0323. The number of benzene rings is 1. The van der Waals surface area contributed by atoms with Crippen LogP contribution < -0.4 is 5.32 Å². The predicted molar refractivity (Wildman–Crippen MR) is 78.5 cm³/mol. The maximum absolute atomic E-state index is 12.0. The Hall–Kier alpha value is -1.98. The SMILES string of the molecule is Cc1ccc(C(C)(O)CNC(=O)c2ccc(Cl)cc2O)o1. The molecule has 1 aromatic heterocycles. The minimum atomic E-state index is -1.34. The Bertz CT molecular complexity index is 663. The monoisotopic (exact) mass is 309 g/mol. The van der Waals surface area contributed by atoms with Crippen molar-refractivity contribution in [1.82, 2.24) is 5.32 Å². The van der Waals surface area contributed by atoms with Gasteiger partial charge in [-0.25, -0.2) is 0 Å². The highest BCUT2D eigenvalue weighted by atomic mass is 35.5. The van der Waals surface area contributed by atoms with Gasteiger partial charge in [0.15, 0.2) is 0 Å². The number of aryl methyl sites for hydroxylation is 1. The molecule has 5 nitrogen and oxygen atoms in total. The van der Waals surface area contributed by atoms with Crippen molar-refractivity contribution in [3.8, 4) is 5.75 Å². The molecule has 0 bridgehead atoms. The van der Waals surface area contributed by atoms with Crippen LogP contribution in [0.2, 0.25) is 5.02 Å². The van der Waals surface area contributed by atoms with Crippen LogP contribution in [0.1, 0.15) is 28.8 Å². The third kappa shape index (κ3) is 3.56. The Morgan fingerprint density at radius 2 is 2.10 bits per heavy atom. The lowest BCUT2D eigenvalue weighted by atomic mass is 10.0. The molecule has 2 aromatic rings. The highest BCUT2D eigenvalue weighted by Gasteiger charge is 2.28. The second-order valence-corrected chi connectivity index (χ2v) is 5.46. The average Bonchev–Trinajstić information content (AvgIpc) is 2.84. The molecule has 0 aliphatic rings. The van der Waals surface area contributed by atoms with E-state index in [1.165, 1.54) is 25.1 Å². The van der Waals surface area contributed by atoms with Gasteiger partial charge in [-0.2, -0.15) is 0 Å². The largest absolute Gasteiger partial charge is 0.507 e. The third-order valence-corrected chi connectivity index (χ3v) is 3.30. The van der Waals surface area contributed by atoms with Gasteiger partial charge in [-0.1, -0.05) is 11.6 Å². The summed E-state index contributed by atoms with van der Waals surface area (Å²) in [6.45, 7) is 3.25. The molecule has 0 saturated carbocycles. The van der Waals surface area contributed by atoms with Gasteiger partial charge < -0.3 is 19.9 Å². The molecule has 0 aliphatic heterocycles. The average molecular weight is 310 g/mol. The maximum Gasteiger partial charge on any atom is 0.255 e. The number of phenols is 1. The van der Waals surface area contributed by atoms with E-state index in [4.69, 9.17) is 16.0 Å². The van der Waals surface area contributed by atoms with Gasteiger partial charge in [0, 0.05) is 5.02 Å². The zero-order chi connectivity index (χ0) is 15.6. The Balaban J connectivity index is 2.06. The van der Waals surface area contributed by atoms with Gasteiger partial charge in [-0.05, 0) is 44.2 Å². The van der Waals surface area contributed by atoms with E-state index in [9.17, 15) is 15.0 Å². The number of phenolic OH excluding ortho intramolecular Hbond substituents is 1. The Morgan fingerprint density at radius 3 is 2.67 bits per heavy atom. The molecule has 1 aromatic carbocycles. The number of aliphatic hydroxyl groups is 1. The minimum absolute atomic E-state index is 0.0547. The molecular weight excluding hydrogens is 294 g/mol. The van der Waals surface area contributed by atoms with Crippen LogP contribution in [0.15, 0.2) is 34.7 Å². The number of halogens is 1. The highest BCUT2D eigenvalue weighted by molar-refractivity contribution is 6.30. The summed E-state index contributed by atoms with van der Waals surface area (Å²) in [7, 11) is 0. The van der Waals surface area contributed by atoms with Crippen LogP contribution in [0.3, 0.4) is 0 Å². The molecular formula is C15H16ClNO4. The van der Waals surface area contributed by atoms with Gasteiger partial charge >= 0.3 is 0 Å². The first-order valence-corrected chi connectivity index (χ1v) is 6.73. The normalized spacial score (nSPS) is 13.7. The fourth-order valence-corrected chi connectivity index (χ4v) is 2.02. The van der Waals surface area contributed by atoms with Gasteiger partial charge in [0.05, 0.1) is 12.1 Å². The van der Waals surface area contributed by atoms with E-state index in [1.807, 2.05) is 0 Å². The first kappa shape index (κ1) is 15.4. The number of nitrogens with one attached hydrogen (secondary N) is 1. The molecule has 3 N–H and O–H groups in total. The topological polar surface area (TPSA) is 82.7 Å². The van der Waals surface area contributed by atoms with Crippen LogP contribution in [0.25, 0.3) is 0 Å². The second-order valence-electron chi connectivity index (χ2n) is 5.03. The molecule has 0 radical (unpaired) electrons. The molecule has 21 heavy (non-hydrogen) atoms. The molecule has 1 unspecified atom stereocenters. The number of carbonyl (C=O) groups excluding carboxylic acids is 1. The predicted octanol–water partition coefficient (Wildman–Crippen LogP) is 2.58. The number of aromatic hydroxyl groups is 1. The number of carbonyl (C=O) groups is 1. The summed E-state index contributed by atoms with van der Waals surface area (Å²) in [6, 6.07) is 7.59. The number of amides is 1. The zero-order valence-electron chi connectivity index (χ0n) is 11.7. The highest BCUT2D eigenvalue weighted by Crippen LogP contribution is 2.24. The fourth-order valence-electron chi connectivity index (χ4n) is 1.86. The minimum Gasteiger partial charge on any atom is -0.507 e. The van der Waals surface area contributed by atoms with Crippen molar-refractivity contribution in [2.75, 3.05) is 6.54 Å². The summed E-state index contributed by atoms with van der Waals surface area (Å²) >= 11 is 5.71. The molecule has 2 rings (SSSR count). The molecule has 0 spiro atoms. The van der Waals surface area contributed by atoms with Crippen LogP contribution in [0.5, 0.6) is 5.75 Å². The van der Waals surface area contributed by atoms with Crippen LogP contribution in [-0.2, 0) is 5.60 Å². The van der Waals surface area contributed by atoms with E-state index in [0.29, 0.717) is 16.5 Å². The summed E-state index contributed by atoms with van der Waals surface area (Å²) in [5.74, 6) is 0.314. The Morgan fingerprint density at radius 1 is 1.38 bits per heavy atom. The standard InChI is InChI=1S/C15H16ClNO4/c1-9-3-6-13(21-9)15(2,20)8-17-14(19)11-5-4-10(16)7-12(11)18/h3-7,18,20H,8H2,1-2H3,(H,17,19). The summed E-state index contributed by atoms with van der Waals surface area (Å²) in [5, 5.41) is 22.9. The van der Waals surface area contributed by atoms with Crippen LogP contribution >= 0.6 is 11.6 Å². The number of rotatable bonds is 4. The van der Waals surface area contributed by atoms with Crippen molar-refractivity contribution >= 4 is 17.5 Å². The first-order chi connectivity index (χ1) is 9.79. The smallest absolute Gasteiger partial charge is 0.255 e. The van der Waals surface area contributed by atoms with Crippen molar-refractivity contribution in [2.45, 2.75) is 19.4 Å². The van der Waals surface area contributed by atoms with Crippen molar-refractivity contribution in [2.24, 2.45) is 0 Å². The maximum atomic E-state index is 12.0. The van der Waals surface area contributed by atoms with E-state index >= 15 is 0 Å². The van der Waals surface area contributed by atoms with Crippen molar-refractivity contribution in [3.05, 3.63) is 52.4 Å². The van der Waals surface area contributed by atoms with Crippen LogP contribution in [-0.4, -0.2) is 22.7 Å². The van der Waals surface area contributed by atoms with E-state index in [-0.39, 0.29) is 17.9 Å². The Kier molecular flexibility index (Phi) is 4.25. The van der Waals surface area contributed by atoms with Crippen LogP contribution in [0.4, 0.5) is 0 Å². The molecule has 1 atom stereocenters. The summed E-state index contributed by atoms with van der Waals surface area (Å²) < 4.78 is 5.36. The molecule has 0 saturated heterocycles. The van der Waals surface area contributed by atoms with E-state index in [2.05, 4.69) is 5.32 Å². The quantitative estimate of drug-likeness (QED) is 0.810. The van der Waals surface area contributed by atoms with Crippen molar-refractivity contribution in [1.29, 1.82) is 0 Å². The van der Waals surface area contributed by atoms with Crippen molar-refractivity contribution < 1.29 is 19.4 Å². The zero-order valence-corrected chi connectivity index (χ0v) is 12.4. The van der Waals surface area contributed by atoms with Gasteiger partial charge in [-0.15, -0.1) is 0 Å². The number of hydrogen-bond acceptors (Lipinski definition) is 4. The molecule has 0 aliphatic carbocycles. The molecule has 112 valence electrons. The van der Waals surface area contributed by atoms with Gasteiger partial charge in [-0.3, -0.25) is 4.79 Å². The van der Waals surface area contributed by atoms with E-state index in [1.54, 1.807) is 19.1 Å². The molecule has 6 heteroatoms. The number of hydrogen-bond donors (Lipinski definition) is 3. The molecule has 1 amide bonds. The van der Waals surface area contributed by atoms with E-state index < -0.39 is 11.5 Å².